The first-order valence-electron chi connectivity index (χ1n) is 9.76. The number of H-pyrrole nitrogens is 1. The van der Waals surface area contributed by atoms with Gasteiger partial charge in [0, 0.05) is 11.9 Å². The zero-order valence-electron chi connectivity index (χ0n) is 17.0. The summed E-state index contributed by atoms with van der Waals surface area (Å²) in [4.78, 5) is 51.9. The zero-order valence-corrected chi connectivity index (χ0v) is 17.0. The van der Waals surface area contributed by atoms with Gasteiger partial charge in [0.05, 0.1) is 18.7 Å². The molecule has 0 unspecified atom stereocenters. The van der Waals surface area contributed by atoms with Crippen molar-refractivity contribution < 1.29 is 23.8 Å². The van der Waals surface area contributed by atoms with Gasteiger partial charge in [0.1, 0.15) is 5.56 Å². The van der Waals surface area contributed by atoms with Crippen LogP contribution in [-0.2, 0) is 11.3 Å². The molecule has 32 heavy (non-hydrogen) atoms. The van der Waals surface area contributed by atoms with E-state index < -0.39 is 23.1 Å². The van der Waals surface area contributed by atoms with E-state index in [0.717, 1.165) is 10.8 Å². The highest BCUT2D eigenvalue weighted by molar-refractivity contribution is 6.04. The second-order valence-electron chi connectivity index (χ2n) is 6.84. The Morgan fingerprint density at radius 2 is 1.84 bits per heavy atom. The van der Waals surface area contributed by atoms with Crippen LogP contribution in [0.3, 0.4) is 0 Å². The third-order valence-electron chi connectivity index (χ3n) is 4.74. The fraction of sp³-hybridized carbons (Fsp3) is 0.182. The molecule has 3 aromatic rings. The predicted octanol–water partition coefficient (Wildman–Crippen LogP) is 1.74. The summed E-state index contributed by atoms with van der Waals surface area (Å²) in [6.45, 7) is 2.01. The van der Waals surface area contributed by atoms with Crippen molar-refractivity contribution >= 4 is 17.6 Å². The van der Waals surface area contributed by atoms with E-state index in [1.807, 2.05) is 0 Å². The number of carbonyl (C=O) groups is 2. The number of aromatic amines is 1. The number of benzene rings is 2. The van der Waals surface area contributed by atoms with Crippen LogP contribution in [0.15, 0.2) is 58.3 Å². The molecular formula is C22H19N3O7. The Labute approximate surface area is 181 Å². The summed E-state index contributed by atoms with van der Waals surface area (Å²) < 4.78 is 16.4. The van der Waals surface area contributed by atoms with E-state index in [1.54, 1.807) is 25.1 Å². The molecule has 0 saturated heterocycles. The third kappa shape index (κ3) is 4.24. The fourth-order valence-electron chi connectivity index (χ4n) is 3.14. The van der Waals surface area contributed by atoms with Gasteiger partial charge in [0.15, 0.2) is 11.5 Å². The van der Waals surface area contributed by atoms with Gasteiger partial charge in [-0.3, -0.25) is 14.2 Å². The Balaban J connectivity index is 1.54. The van der Waals surface area contributed by atoms with E-state index in [0.29, 0.717) is 28.3 Å². The van der Waals surface area contributed by atoms with E-state index in [2.05, 4.69) is 10.3 Å². The molecular weight excluding hydrogens is 418 g/mol. The van der Waals surface area contributed by atoms with Crippen LogP contribution in [0.5, 0.6) is 11.5 Å². The summed E-state index contributed by atoms with van der Waals surface area (Å²) in [7, 11) is 0. The molecule has 1 aromatic heterocycles. The Morgan fingerprint density at radius 3 is 2.59 bits per heavy atom. The average molecular weight is 437 g/mol. The minimum Gasteiger partial charge on any atom is -0.462 e. The second kappa shape index (κ2) is 8.80. The van der Waals surface area contributed by atoms with Gasteiger partial charge < -0.3 is 24.5 Å². The van der Waals surface area contributed by atoms with E-state index in [4.69, 9.17) is 14.2 Å². The largest absolute Gasteiger partial charge is 0.462 e. The minimum absolute atomic E-state index is 0.0554. The molecule has 0 aliphatic carbocycles. The van der Waals surface area contributed by atoms with E-state index in [-0.39, 0.29) is 25.5 Å². The van der Waals surface area contributed by atoms with E-state index in [9.17, 15) is 19.2 Å². The molecule has 0 saturated carbocycles. The first kappa shape index (κ1) is 20.9. The van der Waals surface area contributed by atoms with Crippen LogP contribution in [0.2, 0.25) is 0 Å². The number of amides is 1. The molecule has 10 nitrogen and oxygen atoms in total. The Morgan fingerprint density at radius 1 is 1.09 bits per heavy atom. The number of esters is 1. The van der Waals surface area contributed by atoms with Crippen LogP contribution in [0.1, 0.15) is 33.2 Å². The molecule has 164 valence electrons. The standard InChI is InChI=1S/C22H19N3O7/c1-2-30-21(28)14-4-6-15(7-5-14)24-19(26)16-10-23-22(29)25(20(16)27)11-13-3-8-17-18(9-13)32-12-31-17/h3-10H,2,11-12H2,1H3,(H,23,29)(H,24,26). The molecule has 2 aromatic carbocycles. The topological polar surface area (TPSA) is 129 Å². The molecule has 1 aliphatic heterocycles. The van der Waals surface area contributed by atoms with Crippen LogP contribution in [0.25, 0.3) is 0 Å². The number of fused-ring (bicyclic) bond motifs is 1. The lowest BCUT2D eigenvalue weighted by Gasteiger charge is -2.09. The van der Waals surface area contributed by atoms with Crippen LogP contribution in [0, 0.1) is 0 Å². The lowest BCUT2D eigenvalue weighted by atomic mass is 10.2. The summed E-state index contributed by atoms with van der Waals surface area (Å²) in [6, 6.07) is 11.1. The third-order valence-corrected chi connectivity index (χ3v) is 4.74. The molecule has 0 atom stereocenters. The highest BCUT2D eigenvalue weighted by atomic mass is 16.7. The van der Waals surface area contributed by atoms with Crippen LogP contribution < -0.4 is 26.0 Å². The van der Waals surface area contributed by atoms with Crippen molar-refractivity contribution in [3.8, 4) is 11.5 Å². The van der Waals surface area contributed by atoms with Crippen molar-refractivity contribution in [2.75, 3.05) is 18.7 Å². The number of ether oxygens (including phenoxy) is 3. The monoisotopic (exact) mass is 437 g/mol. The summed E-state index contributed by atoms with van der Waals surface area (Å²) in [5, 5.41) is 2.58. The molecule has 0 bridgehead atoms. The van der Waals surface area contributed by atoms with Gasteiger partial charge in [-0.1, -0.05) is 6.07 Å². The zero-order chi connectivity index (χ0) is 22.7. The van der Waals surface area contributed by atoms with Crippen molar-refractivity contribution in [1.82, 2.24) is 9.55 Å². The van der Waals surface area contributed by atoms with Gasteiger partial charge in [0.2, 0.25) is 6.79 Å². The van der Waals surface area contributed by atoms with E-state index in [1.165, 1.54) is 24.3 Å². The molecule has 2 heterocycles. The van der Waals surface area contributed by atoms with Gasteiger partial charge in [-0.2, -0.15) is 0 Å². The lowest BCUT2D eigenvalue weighted by molar-refractivity contribution is 0.0526. The quantitative estimate of drug-likeness (QED) is 0.562. The van der Waals surface area contributed by atoms with Crippen molar-refractivity contribution in [2.45, 2.75) is 13.5 Å². The smallest absolute Gasteiger partial charge is 0.338 e. The van der Waals surface area contributed by atoms with Crippen LogP contribution in [-0.4, -0.2) is 34.8 Å². The van der Waals surface area contributed by atoms with Crippen molar-refractivity contribution in [2.24, 2.45) is 0 Å². The predicted molar refractivity (Wildman–Crippen MR) is 113 cm³/mol. The number of nitrogens with zero attached hydrogens (tertiary/aromatic N) is 1. The maximum atomic E-state index is 12.8. The molecule has 4 rings (SSSR count). The minimum atomic E-state index is -0.743. The Kier molecular flexibility index (Phi) is 5.75. The van der Waals surface area contributed by atoms with E-state index >= 15 is 0 Å². The maximum Gasteiger partial charge on any atom is 0.338 e. The SMILES string of the molecule is CCOC(=O)c1ccc(NC(=O)c2c[nH]c(=O)n(Cc3ccc4c(c3)OCO4)c2=O)cc1. The molecule has 1 aliphatic rings. The summed E-state index contributed by atoms with van der Waals surface area (Å²) >= 11 is 0. The second-order valence-corrected chi connectivity index (χ2v) is 6.84. The number of rotatable bonds is 6. The number of carbonyl (C=O) groups excluding carboxylic acids is 2. The summed E-state index contributed by atoms with van der Waals surface area (Å²) in [6.07, 6.45) is 1.07. The van der Waals surface area contributed by atoms with Crippen LogP contribution >= 0.6 is 0 Å². The summed E-state index contributed by atoms with van der Waals surface area (Å²) in [5.41, 5.74) is -0.292. The molecule has 0 radical (unpaired) electrons. The summed E-state index contributed by atoms with van der Waals surface area (Å²) in [5.74, 6) is -0.0729. The Bertz CT molecular complexity index is 1290. The van der Waals surface area contributed by atoms with Gasteiger partial charge in [-0.15, -0.1) is 0 Å². The number of nitrogens with one attached hydrogen (secondary N) is 2. The van der Waals surface area contributed by atoms with Crippen LogP contribution in [0.4, 0.5) is 5.69 Å². The van der Waals surface area contributed by atoms with Gasteiger partial charge in [-0.05, 0) is 48.9 Å². The fourth-order valence-corrected chi connectivity index (χ4v) is 3.14. The normalized spacial score (nSPS) is 11.8. The number of aromatic nitrogens is 2. The Hall–Kier alpha value is -4.34. The number of hydrogen-bond acceptors (Lipinski definition) is 7. The van der Waals surface area contributed by atoms with Crippen molar-refractivity contribution in [3.05, 3.63) is 86.2 Å². The first-order valence-corrected chi connectivity index (χ1v) is 9.76. The molecule has 1 amide bonds. The first-order chi connectivity index (χ1) is 15.5. The maximum absolute atomic E-state index is 12.8. The molecule has 0 fully saturated rings. The highest BCUT2D eigenvalue weighted by Gasteiger charge is 2.18. The number of hydrogen-bond donors (Lipinski definition) is 2. The van der Waals surface area contributed by atoms with Gasteiger partial charge in [0.25, 0.3) is 11.5 Å². The number of anilines is 1. The lowest BCUT2D eigenvalue weighted by Crippen LogP contribution is -2.39. The highest BCUT2D eigenvalue weighted by Crippen LogP contribution is 2.32. The van der Waals surface area contributed by atoms with Gasteiger partial charge >= 0.3 is 11.7 Å². The van der Waals surface area contributed by atoms with Gasteiger partial charge in [-0.25, -0.2) is 9.59 Å². The van der Waals surface area contributed by atoms with Crippen molar-refractivity contribution in [1.29, 1.82) is 0 Å². The molecule has 2 N–H and O–H groups in total. The van der Waals surface area contributed by atoms with Crippen molar-refractivity contribution in [3.63, 3.8) is 0 Å². The molecule has 0 spiro atoms. The molecule has 10 heteroatoms. The average Bonchev–Trinajstić information content (AvgIpc) is 3.25.